The number of anilines is 1. The van der Waals surface area contributed by atoms with Gasteiger partial charge < -0.3 is 20.1 Å². The van der Waals surface area contributed by atoms with Crippen LogP contribution in [0.5, 0.6) is 5.75 Å². The predicted octanol–water partition coefficient (Wildman–Crippen LogP) is 2.43. The van der Waals surface area contributed by atoms with Crippen molar-refractivity contribution >= 4 is 11.9 Å². The lowest BCUT2D eigenvalue weighted by molar-refractivity contribution is -0.139. The molecule has 7 nitrogen and oxygen atoms in total. The molecule has 138 valence electrons. The minimum atomic E-state index is -0.141. The van der Waals surface area contributed by atoms with Gasteiger partial charge in [-0.3, -0.25) is 4.79 Å². The monoisotopic (exact) mass is 356 g/mol. The van der Waals surface area contributed by atoms with Gasteiger partial charge in [0.1, 0.15) is 12.4 Å². The molecular weight excluding hydrogens is 332 g/mol. The quantitative estimate of drug-likeness (QED) is 0.885. The molecule has 26 heavy (non-hydrogen) atoms. The lowest BCUT2D eigenvalue weighted by Gasteiger charge is -2.36. The summed E-state index contributed by atoms with van der Waals surface area (Å²) < 4.78 is 10.4. The number of nitrogens with two attached hydrogens (primary N) is 1. The number of ether oxygens (including phenoxy) is 2. The number of benzene rings is 1. The van der Waals surface area contributed by atoms with E-state index in [9.17, 15) is 4.79 Å². The van der Waals surface area contributed by atoms with E-state index in [2.05, 4.69) is 9.97 Å². The normalized spacial score (nSPS) is 17.2. The van der Waals surface area contributed by atoms with Crippen LogP contribution >= 0.6 is 0 Å². The number of rotatable bonds is 5. The number of amides is 1. The van der Waals surface area contributed by atoms with Crippen molar-refractivity contribution in [3.05, 3.63) is 36.2 Å². The number of likely N-dealkylation sites (tertiary alicyclic amines) is 1. The van der Waals surface area contributed by atoms with E-state index in [1.807, 2.05) is 29.2 Å². The molecule has 2 heterocycles. The lowest BCUT2D eigenvalue weighted by atomic mass is 9.93. The number of nitrogens with zero attached hydrogens (tertiary/aromatic N) is 3. The van der Waals surface area contributed by atoms with Crippen LogP contribution in [0.1, 0.15) is 31.0 Å². The highest BCUT2D eigenvalue weighted by Gasteiger charge is 2.31. The molecule has 1 aromatic heterocycles. The predicted molar refractivity (Wildman–Crippen MR) is 98.6 cm³/mol. The van der Waals surface area contributed by atoms with E-state index in [0.717, 1.165) is 41.8 Å². The number of carbonyl (C=O) groups excluding carboxylic acids is 1. The molecule has 1 aliphatic heterocycles. The third-order valence-corrected chi connectivity index (χ3v) is 4.62. The van der Waals surface area contributed by atoms with E-state index in [-0.39, 0.29) is 24.5 Å². The summed E-state index contributed by atoms with van der Waals surface area (Å²) in [6.45, 7) is 0.750. The fourth-order valence-corrected chi connectivity index (χ4v) is 3.40. The number of carbonyl (C=O) groups is 1. The van der Waals surface area contributed by atoms with Crippen LogP contribution in [-0.2, 0) is 9.53 Å². The zero-order chi connectivity index (χ0) is 18.5. The highest BCUT2D eigenvalue weighted by molar-refractivity contribution is 5.78. The fourth-order valence-electron chi connectivity index (χ4n) is 3.40. The smallest absolute Gasteiger partial charge is 0.249 e. The third kappa shape index (κ3) is 3.77. The minimum Gasteiger partial charge on any atom is -0.497 e. The van der Waals surface area contributed by atoms with E-state index in [0.29, 0.717) is 6.54 Å². The average Bonchev–Trinajstić information content (AvgIpc) is 2.68. The van der Waals surface area contributed by atoms with Gasteiger partial charge >= 0.3 is 0 Å². The summed E-state index contributed by atoms with van der Waals surface area (Å²) in [5.41, 5.74) is 8.44. The standard InChI is InChI=1S/C19H24N4O3/c1-25-12-17(24)23-9-4-3-8-16(23)18-15(11-21-19(20)22-18)13-6-5-7-14(10-13)26-2/h5-7,10-11,16H,3-4,8-9,12H2,1-2H3,(H2,20,21,22)/t16-/m0/s1. The second kappa shape index (κ2) is 8.14. The molecular formula is C19H24N4O3. The van der Waals surface area contributed by atoms with E-state index >= 15 is 0 Å². The van der Waals surface area contributed by atoms with Crippen molar-refractivity contribution in [2.75, 3.05) is 33.1 Å². The molecule has 3 rings (SSSR count). The van der Waals surface area contributed by atoms with Gasteiger partial charge in [0.25, 0.3) is 0 Å². The Bertz CT molecular complexity index is 781. The molecule has 0 radical (unpaired) electrons. The van der Waals surface area contributed by atoms with Crippen LogP contribution in [0.4, 0.5) is 5.95 Å². The van der Waals surface area contributed by atoms with Crippen molar-refractivity contribution < 1.29 is 14.3 Å². The van der Waals surface area contributed by atoms with E-state index in [1.54, 1.807) is 13.3 Å². The SMILES string of the molecule is COCC(=O)N1CCCC[C@H]1c1nc(N)ncc1-c1cccc(OC)c1. The van der Waals surface area contributed by atoms with Gasteiger partial charge in [0, 0.05) is 25.4 Å². The first kappa shape index (κ1) is 18.1. The minimum absolute atomic E-state index is 0.0361. The Morgan fingerprint density at radius 3 is 2.96 bits per heavy atom. The summed E-state index contributed by atoms with van der Waals surface area (Å²) in [7, 11) is 3.16. The van der Waals surface area contributed by atoms with Crippen molar-refractivity contribution in [3.63, 3.8) is 0 Å². The molecule has 1 atom stereocenters. The lowest BCUT2D eigenvalue weighted by Crippen LogP contribution is -2.41. The molecule has 1 fully saturated rings. The zero-order valence-corrected chi connectivity index (χ0v) is 15.1. The Morgan fingerprint density at radius 2 is 2.19 bits per heavy atom. The van der Waals surface area contributed by atoms with Gasteiger partial charge in [-0.05, 0) is 37.0 Å². The molecule has 1 saturated heterocycles. The average molecular weight is 356 g/mol. The zero-order valence-electron chi connectivity index (χ0n) is 15.1. The Kier molecular flexibility index (Phi) is 5.68. The number of methoxy groups -OCH3 is 2. The maximum Gasteiger partial charge on any atom is 0.249 e. The van der Waals surface area contributed by atoms with Crippen molar-refractivity contribution in [2.45, 2.75) is 25.3 Å². The maximum absolute atomic E-state index is 12.5. The molecule has 0 aliphatic carbocycles. The highest BCUT2D eigenvalue weighted by Crippen LogP contribution is 2.36. The van der Waals surface area contributed by atoms with Crippen LogP contribution in [0.2, 0.25) is 0 Å². The molecule has 1 amide bonds. The van der Waals surface area contributed by atoms with E-state index in [1.165, 1.54) is 7.11 Å². The first-order chi connectivity index (χ1) is 12.6. The van der Waals surface area contributed by atoms with Gasteiger partial charge in [-0.1, -0.05) is 12.1 Å². The van der Waals surface area contributed by atoms with Crippen LogP contribution in [0.25, 0.3) is 11.1 Å². The molecule has 0 unspecified atom stereocenters. The Hall–Kier alpha value is -2.67. The van der Waals surface area contributed by atoms with Crippen LogP contribution in [0.3, 0.4) is 0 Å². The largest absolute Gasteiger partial charge is 0.497 e. The molecule has 2 N–H and O–H groups in total. The van der Waals surface area contributed by atoms with Gasteiger partial charge in [-0.15, -0.1) is 0 Å². The molecule has 0 bridgehead atoms. The number of nitrogen functional groups attached to an aromatic ring is 1. The van der Waals surface area contributed by atoms with Crippen molar-refractivity contribution in [1.82, 2.24) is 14.9 Å². The van der Waals surface area contributed by atoms with E-state index in [4.69, 9.17) is 15.2 Å². The van der Waals surface area contributed by atoms with Gasteiger partial charge in [0.2, 0.25) is 11.9 Å². The Balaban J connectivity index is 2.05. The second-order valence-electron chi connectivity index (χ2n) is 6.29. The molecule has 7 heteroatoms. The Labute approximate surface area is 153 Å². The third-order valence-electron chi connectivity index (χ3n) is 4.62. The summed E-state index contributed by atoms with van der Waals surface area (Å²) >= 11 is 0. The summed E-state index contributed by atoms with van der Waals surface area (Å²) in [6.07, 6.45) is 4.56. The number of hydrogen-bond acceptors (Lipinski definition) is 6. The highest BCUT2D eigenvalue weighted by atomic mass is 16.5. The molecule has 0 spiro atoms. The molecule has 1 aromatic carbocycles. The summed E-state index contributed by atoms with van der Waals surface area (Å²) in [5, 5.41) is 0. The summed E-state index contributed by atoms with van der Waals surface area (Å²) in [4.78, 5) is 23.0. The molecule has 1 aliphatic rings. The van der Waals surface area contributed by atoms with Crippen LogP contribution in [0.15, 0.2) is 30.5 Å². The van der Waals surface area contributed by atoms with Crippen molar-refractivity contribution in [2.24, 2.45) is 0 Å². The summed E-state index contributed by atoms with van der Waals surface area (Å²) in [5.74, 6) is 0.920. The van der Waals surface area contributed by atoms with E-state index < -0.39 is 0 Å². The van der Waals surface area contributed by atoms with Gasteiger partial charge in [-0.25, -0.2) is 9.97 Å². The fraction of sp³-hybridized carbons (Fsp3) is 0.421. The van der Waals surface area contributed by atoms with Crippen LogP contribution in [0, 0.1) is 0 Å². The first-order valence-electron chi connectivity index (χ1n) is 8.69. The number of hydrogen-bond donors (Lipinski definition) is 1. The van der Waals surface area contributed by atoms with Gasteiger partial charge in [0.15, 0.2) is 0 Å². The van der Waals surface area contributed by atoms with Gasteiger partial charge in [0.05, 0.1) is 18.8 Å². The van der Waals surface area contributed by atoms with Gasteiger partial charge in [-0.2, -0.15) is 0 Å². The number of piperidine rings is 1. The maximum atomic E-state index is 12.5. The summed E-state index contributed by atoms with van der Waals surface area (Å²) in [6, 6.07) is 7.57. The van der Waals surface area contributed by atoms with Crippen LogP contribution < -0.4 is 10.5 Å². The number of aromatic nitrogens is 2. The Morgan fingerprint density at radius 1 is 1.35 bits per heavy atom. The molecule has 0 saturated carbocycles. The first-order valence-corrected chi connectivity index (χ1v) is 8.69. The van der Waals surface area contributed by atoms with Crippen molar-refractivity contribution in [1.29, 1.82) is 0 Å². The molecule has 2 aromatic rings. The second-order valence-corrected chi connectivity index (χ2v) is 6.29. The van der Waals surface area contributed by atoms with Crippen LogP contribution in [-0.4, -0.2) is 48.1 Å². The topological polar surface area (TPSA) is 90.6 Å². The van der Waals surface area contributed by atoms with Crippen molar-refractivity contribution in [3.8, 4) is 16.9 Å².